The van der Waals surface area contributed by atoms with Gasteiger partial charge in [-0.25, -0.2) is 0 Å². The summed E-state index contributed by atoms with van der Waals surface area (Å²) in [5.41, 5.74) is 19.3. The Morgan fingerprint density at radius 3 is 2.39 bits per heavy atom. The molecule has 9 nitrogen and oxygen atoms in total. The first-order valence-electron chi connectivity index (χ1n) is 10.7. The van der Waals surface area contributed by atoms with Crippen LogP contribution in [0.25, 0.3) is 10.9 Å². The molecule has 2 atom stereocenters. The highest BCUT2D eigenvalue weighted by molar-refractivity contribution is 5.93. The van der Waals surface area contributed by atoms with Gasteiger partial charge in [0, 0.05) is 29.4 Å². The maximum absolute atomic E-state index is 13.1. The second kappa shape index (κ2) is 12.1. The molecule has 31 heavy (non-hydrogen) atoms. The molecule has 9 heteroatoms. The minimum absolute atomic E-state index is 0.225. The number of aromatic nitrogens is 1. The summed E-state index contributed by atoms with van der Waals surface area (Å²) in [6.07, 6.45) is 2.83. The molecular weight excluding hydrogens is 396 g/mol. The van der Waals surface area contributed by atoms with Crippen molar-refractivity contribution in [1.29, 1.82) is 0 Å². The number of hydrogen-bond acceptors (Lipinski definition) is 5. The second-order valence-corrected chi connectivity index (χ2v) is 7.74. The Hall–Kier alpha value is -2.91. The van der Waals surface area contributed by atoms with Gasteiger partial charge in [0.25, 0.3) is 0 Å². The van der Waals surface area contributed by atoms with Gasteiger partial charge in [0.05, 0.1) is 0 Å². The van der Waals surface area contributed by atoms with Gasteiger partial charge in [-0.05, 0) is 57.3 Å². The first-order chi connectivity index (χ1) is 14.9. The lowest BCUT2D eigenvalue weighted by atomic mass is 10.0. The lowest BCUT2D eigenvalue weighted by molar-refractivity contribution is -0.131. The van der Waals surface area contributed by atoms with E-state index in [1.165, 1.54) is 0 Å². The summed E-state index contributed by atoms with van der Waals surface area (Å²) in [5, 5.41) is 6.50. The number of para-hydroxylation sites is 1. The number of fused-ring (bicyclic) bond motifs is 1. The van der Waals surface area contributed by atoms with E-state index in [4.69, 9.17) is 17.2 Å². The zero-order valence-corrected chi connectivity index (χ0v) is 18.1. The van der Waals surface area contributed by atoms with E-state index in [2.05, 4.69) is 15.6 Å². The summed E-state index contributed by atoms with van der Waals surface area (Å²) in [5.74, 6) is -1.31. The Morgan fingerprint density at radius 1 is 1.00 bits per heavy atom. The summed E-state index contributed by atoms with van der Waals surface area (Å²) in [4.78, 5) is 40.6. The first-order valence-corrected chi connectivity index (χ1v) is 10.7. The fourth-order valence-corrected chi connectivity index (χ4v) is 3.59. The van der Waals surface area contributed by atoms with Crippen LogP contribution in [0.2, 0.25) is 0 Å². The largest absolute Gasteiger partial charge is 0.368 e. The van der Waals surface area contributed by atoms with Crippen LogP contribution in [-0.4, -0.2) is 47.9 Å². The van der Waals surface area contributed by atoms with Crippen LogP contribution in [-0.2, 0) is 20.8 Å². The summed E-state index contributed by atoms with van der Waals surface area (Å²) in [6.45, 7) is 2.81. The van der Waals surface area contributed by atoms with Crippen LogP contribution in [0, 0.1) is 6.92 Å². The first kappa shape index (κ1) is 24.4. The Morgan fingerprint density at radius 2 is 1.71 bits per heavy atom. The fourth-order valence-electron chi connectivity index (χ4n) is 3.59. The number of primary amides is 1. The number of aryl methyl sites for hydroxylation is 1. The van der Waals surface area contributed by atoms with E-state index in [1.807, 2.05) is 31.2 Å². The molecule has 3 amide bonds. The van der Waals surface area contributed by atoms with Crippen LogP contribution >= 0.6 is 0 Å². The molecule has 2 rings (SSSR count). The van der Waals surface area contributed by atoms with Gasteiger partial charge in [0.15, 0.2) is 0 Å². The molecule has 0 spiro atoms. The molecule has 0 fully saturated rings. The number of carbonyl (C=O) groups excluding carboxylic acids is 3. The molecule has 0 aliphatic carbocycles. The normalized spacial score (nSPS) is 13.0. The SMILES string of the molecule is Cc1[nH]c2ccccc2c1C[C@@H](NC(=O)CCCN)C(=O)N[C@@H](CCCCN)C(N)=O. The summed E-state index contributed by atoms with van der Waals surface area (Å²) < 4.78 is 0. The summed E-state index contributed by atoms with van der Waals surface area (Å²) in [6, 6.07) is 6.12. The van der Waals surface area contributed by atoms with E-state index < -0.39 is 23.9 Å². The highest BCUT2D eigenvalue weighted by Crippen LogP contribution is 2.23. The standard InChI is InChI=1S/C22H34N6O3/c1-14-16(15-7-2-3-8-17(15)26-14)13-19(27-20(29)10-6-12-24)22(31)28-18(21(25)30)9-4-5-11-23/h2-3,7-8,18-19,26H,4-6,9-13,23-24H2,1H3,(H2,25,30)(H,27,29)(H,28,31)/t18-,19+/m0/s1. The smallest absolute Gasteiger partial charge is 0.243 e. The van der Waals surface area contributed by atoms with Crippen molar-refractivity contribution in [2.24, 2.45) is 17.2 Å². The zero-order valence-electron chi connectivity index (χ0n) is 18.1. The number of unbranched alkanes of at least 4 members (excludes halogenated alkanes) is 1. The van der Waals surface area contributed by atoms with E-state index in [0.717, 1.165) is 28.6 Å². The van der Waals surface area contributed by atoms with Crippen LogP contribution in [0.15, 0.2) is 24.3 Å². The zero-order chi connectivity index (χ0) is 22.8. The monoisotopic (exact) mass is 430 g/mol. The van der Waals surface area contributed by atoms with E-state index in [9.17, 15) is 14.4 Å². The Kier molecular flexibility index (Phi) is 9.48. The molecule has 0 aliphatic heterocycles. The van der Waals surface area contributed by atoms with E-state index in [1.54, 1.807) is 0 Å². The van der Waals surface area contributed by atoms with Gasteiger partial charge in [-0.1, -0.05) is 18.2 Å². The lowest BCUT2D eigenvalue weighted by Gasteiger charge is -2.22. The quantitative estimate of drug-likeness (QED) is 0.251. The average Bonchev–Trinajstić information content (AvgIpc) is 3.06. The number of nitrogens with two attached hydrogens (primary N) is 3. The maximum Gasteiger partial charge on any atom is 0.243 e. The van der Waals surface area contributed by atoms with Crippen molar-refractivity contribution in [1.82, 2.24) is 15.6 Å². The number of H-pyrrole nitrogens is 1. The number of benzene rings is 1. The molecule has 1 heterocycles. The fraction of sp³-hybridized carbons (Fsp3) is 0.500. The molecule has 0 radical (unpaired) electrons. The third-order valence-electron chi connectivity index (χ3n) is 5.30. The van der Waals surface area contributed by atoms with Crippen LogP contribution in [0.4, 0.5) is 0 Å². The summed E-state index contributed by atoms with van der Waals surface area (Å²) in [7, 11) is 0. The minimum atomic E-state index is -0.848. The molecule has 2 aromatic rings. The topological polar surface area (TPSA) is 169 Å². The molecule has 170 valence electrons. The van der Waals surface area contributed by atoms with Crippen molar-refractivity contribution in [3.05, 3.63) is 35.5 Å². The van der Waals surface area contributed by atoms with Crippen molar-refractivity contribution < 1.29 is 14.4 Å². The molecule has 1 aromatic carbocycles. The van der Waals surface area contributed by atoms with Crippen LogP contribution < -0.4 is 27.8 Å². The number of amides is 3. The highest BCUT2D eigenvalue weighted by Gasteiger charge is 2.27. The lowest BCUT2D eigenvalue weighted by Crippen LogP contribution is -2.53. The van der Waals surface area contributed by atoms with Gasteiger partial charge >= 0.3 is 0 Å². The van der Waals surface area contributed by atoms with Crippen molar-refractivity contribution in [3.8, 4) is 0 Å². The van der Waals surface area contributed by atoms with Gasteiger partial charge in [-0.15, -0.1) is 0 Å². The van der Waals surface area contributed by atoms with Gasteiger partial charge in [0.1, 0.15) is 12.1 Å². The van der Waals surface area contributed by atoms with Crippen LogP contribution in [0.1, 0.15) is 43.4 Å². The third-order valence-corrected chi connectivity index (χ3v) is 5.30. The van der Waals surface area contributed by atoms with E-state index >= 15 is 0 Å². The molecule has 0 saturated heterocycles. The molecule has 0 saturated carbocycles. The molecular formula is C22H34N6O3. The minimum Gasteiger partial charge on any atom is -0.368 e. The Labute approximate surface area is 182 Å². The van der Waals surface area contributed by atoms with Crippen LogP contribution in [0.3, 0.4) is 0 Å². The van der Waals surface area contributed by atoms with Gasteiger partial charge in [-0.3, -0.25) is 14.4 Å². The summed E-state index contributed by atoms with van der Waals surface area (Å²) >= 11 is 0. The molecule has 1 aromatic heterocycles. The number of hydrogen-bond donors (Lipinski definition) is 6. The van der Waals surface area contributed by atoms with Gasteiger partial charge < -0.3 is 32.8 Å². The van der Waals surface area contributed by atoms with Gasteiger partial charge in [0.2, 0.25) is 17.7 Å². The highest BCUT2D eigenvalue weighted by atomic mass is 16.2. The molecule has 0 unspecified atom stereocenters. The molecule has 0 aliphatic rings. The predicted octanol–water partition coefficient (Wildman–Crippen LogP) is 0.342. The average molecular weight is 431 g/mol. The second-order valence-electron chi connectivity index (χ2n) is 7.74. The Balaban J connectivity index is 2.22. The van der Waals surface area contributed by atoms with Crippen molar-refractivity contribution >= 4 is 28.6 Å². The van der Waals surface area contributed by atoms with Crippen molar-refractivity contribution in [3.63, 3.8) is 0 Å². The van der Waals surface area contributed by atoms with Gasteiger partial charge in [-0.2, -0.15) is 0 Å². The number of aromatic amines is 1. The predicted molar refractivity (Wildman–Crippen MR) is 121 cm³/mol. The number of nitrogens with one attached hydrogen (secondary N) is 3. The van der Waals surface area contributed by atoms with Crippen LogP contribution in [0.5, 0.6) is 0 Å². The van der Waals surface area contributed by atoms with Crippen molar-refractivity contribution in [2.75, 3.05) is 13.1 Å². The van der Waals surface area contributed by atoms with Crippen molar-refractivity contribution in [2.45, 2.75) is 57.5 Å². The third kappa shape index (κ3) is 7.08. The maximum atomic E-state index is 13.1. The van der Waals surface area contributed by atoms with E-state index in [0.29, 0.717) is 32.4 Å². The Bertz CT molecular complexity index is 894. The molecule has 0 bridgehead atoms. The number of carbonyl (C=O) groups is 3. The number of rotatable bonds is 13. The van der Waals surface area contributed by atoms with E-state index in [-0.39, 0.29) is 18.7 Å². The molecule has 9 N–H and O–H groups in total.